The number of rotatable bonds is 5. The van der Waals surface area contributed by atoms with Crippen LogP contribution < -0.4 is 0 Å². The molecule has 1 fully saturated rings. The summed E-state index contributed by atoms with van der Waals surface area (Å²) < 4.78 is 27.5. The van der Waals surface area contributed by atoms with Gasteiger partial charge >= 0.3 is 5.69 Å². The molecular formula is C14H16F2N2O3. The van der Waals surface area contributed by atoms with Gasteiger partial charge in [-0.2, -0.15) is 4.39 Å². The molecule has 5 nitrogen and oxygen atoms in total. The summed E-state index contributed by atoms with van der Waals surface area (Å²) in [6.07, 6.45) is 1.69. The van der Waals surface area contributed by atoms with Gasteiger partial charge in [0.05, 0.1) is 16.6 Å². The average molecular weight is 298 g/mol. The summed E-state index contributed by atoms with van der Waals surface area (Å²) in [5, 5.41) is 10.6. The van der Waals surface area contributed by atoms with Gasteiger partial charge in [0.2, 0.25) is 5.82 Å². The molecule has 1 aromatic rings. The lowest BCUT2D eigenvalue weighted by atomic mass is 10.1. The summed E-state index contributed by atoms with van der Waals surface area (Å²) in [6, 6.07) is 1.13. The van der Waals surface area contributed by atoms with Crippen LogP contribution in [0.25, 0.3) is 0 Å². The Bertz CT molecular complexity index is 586. The van der Waals surface area contributed by atoms with Crippen molar-refractivity contribution < 1.29 is 18.5 Å². The lowest BCUT2D eigenvalue weighted by Crippen LogP contribution is -2.36. The molecule has 1 aliphatic rings. The normalized spacial score (nSPS) is 14.3. The summed E-state index contributed by atoms with van der Waals surface area (Å²) in [7, 11) is 0. The molecule has 114 valence electrons. The van der Waals surface area contributed by atoms with E-state index >= 15 is 0 Å². The molecule has 1 aromatic carbocycles. The van der Waals surface area contributed by atoms with Crippen LogP contribution in [-0.2, 0) is 0 Å². The fourth-order valence-corrected chi connectivity index (χ4v) is 2.17. The van der Waals surface area contributed by atoms with E-state index in [4.69, 9.17) is 0 Å². The minimum Gasteiger partial charge on any atom is -0.335 e. The molecule has 21 heavy (non-hydrogen) atoms. The fourth-order valence-electron chi connectivity index (χ4n) is 2.17. The van der Waals surface area contributed by atoms with Crippen molar-refractivity contribution in [3.05, 3.63) is 39.4 Å². The van der Waals surface area contributed by atoms with Gasteiger partial charge in [-0.3, -0.25) is 14.9 Å². The monoisotopic (exact) mass is 298 g/mol. The van der Waals surface area contributed by atoms with E-state index in [0.29, 0.717) is 18.7 Å². The van der Waals surface area contributed by atoms with Gasteiger partial charge in [-0.25, -0.2) is 4.39 Å². The van der Waals surface area contributed by atoms with Crippen LogP contribution in [0.3, 0.4) is 0 Å². The number of benzene rings is 1. The highest BCUT2D eigenvalue weighted by Gasteiger charge is 2.35. The molecule has 0 radical (unpaired) electrons. The smallest absolute Gasteiger partial charge is 0.307 e. The van der Waals surface area contributed by atoms with Crippen LogP contribution in [0.15, 0.2) is 12.1 Å². The predicted molar refractivity (Wildman–Crippen MR) is 71.9 cm³/mol. The summed E-state index contributed by atoms with van der Waals surface area (Å²) in [5.74, 6) is -2.69. The molecule has 0 bridgehead atoms. The molecule has 0 atom stereocenters. The number of amides is 1. The summed E-state index contributed by atoms with van der Waals surface area (Å²) >= 11 is 0. The molecule has 0 unspecified atom stereocenters. The van der Waals surface area contributed by atoms with Crippen molar-refractivity contribution in [2.45, 2.75) is 32.7 Å². The lowest BCUT2D eigenvalue weighted by molar-refractivity contribution is -0.387. The van der Waals surface area contributed by atoms with Crippen molar-refractivity contribution in [2.24, 2.45) is 5.92 Å². The molecule has 0 N–H and O–H groups in total. The third-order valence-corrected chi connectivity index (χ3v) is 3.27. The van der Waals surface area contributed by atoms with Crippen LogP contribution in [0.4, 0.5) is 14.5 Å². The average Bonchev–Trinajstić information content (AvgIpc) is 3.21. The first-order valence-corrected chi connectivity index (χ1v) is 6.75. The number of hydrogen-bond donors (Lipinski definition) is 0. The molecule has 1 aliphatic carbocycles. The number of hydrogen-bond acceptors (Lipinski definition) is 3. The van der Waals surface area contributed by atoms with E-state index in [9.17, 15) is 23.7 Å². The van der Waals surface area contributed by atoms with Crippen molar-refractivity contribution >= 4 is 11.6 Å². The van der Waals surface area contributed by atoms with Crippen molar-refractivity contribution in [3.8, 4) is 0 Å². The zero-order valence-electron chi connectivity index (χ0n) is 11.8. The predicted octanol–water partition coefficient (Wildman–Crippen LogP) is 3.13. The van der Waals surface area contributed by atoms with E-state index in [0.717, 1.165) is 12.8 Å². The van der Waals surface area contributed by atoms with Gasteiger partial charge in [-0.15, -0.1) is 0 Å². The number of halogens is 2. The Balaban J connectivity index is 2.33. The number of nitro benzene ring substituents is 1. The Morgan fingerprint density at radius 2 is 2.00 bits per heavy atom. The highest BCUT2D eigenvalue weighted by Crippen LogP contribution is 2.30. The van der Waals surface area contributed by atoms with Crippen LogP contribution in [-0.4, -0.2) is 28.3 Å². The van der Waals surface area contributed by atoms with E-state index in [1.807, 2.05) is 13.8 Å². The fraction of sp³-hybridized carbons (Fsp3) is 0.500. The molecule has 7 heteroatoms. The maximum absolute atomic E-state index is 13.9. The molecule has 0 aromatic heterocycles. The van der Waals surface area contributed by atoms with Crippen molar-refractivity contribution in [2.75, 3.05) is 6.54 Å². The number of nitro groups is 1. The van der Waals surface area contributed by atoms with Crippen LogP contribution >= 0.6 is 0 Å². The van der Waals surface area contributed by atoms with Crippen LogP contribution in [0, 0.1) is 27.7 Å². The first kappa shape index (κ1) is 15.3. The van der Waals surface area contributed by atoms with Gasteiger partial charge in [0.15, 0.2) is 0 Å². The SMILES string of the molecule is CC(C)CN(C(=O)c1cc(F)c([N+](=O)[O-])cc1F)C1CC1. The minimum atomic E-state index is -1.20. The molecule has 0 spiro atoms. The standard InChI is InChI=1S/C14H16F2N2O3/c1-8(2)7-17(9-3-4-9)14(19)10-5-12(16)13(18(20)21)6-11(10)15/h5-6,8-9H,3-4,7H2,1-2H3. The second-order valence-electron chi connectivity index (χ2n) is 5.62. The van der Waals surface area contributed by atoms with Gasteiger partial charge < -0.3 is 4.90 Å². The maximum atomic E-state index is 13.9. The molecular weight excluding hydrogens is 282 g/mol. The number of nitrogens with zero attached hydrogens (tertiary/aromatic N) is 2. The Morgan fingerprint density at radius 3 is 2.48 bits per heavy atom. The van der Waals surface area contributed by atoms with Crippen molar-refractivity contribution in [3.63, 3.8) is 0 Å². The van der Waals surface area contributed by atoms with E-state index < -0.39 is 33.7 Å². The van der Waals surface area contributed by atoms with Gasteiger partial charge in [0.1, 0.15) is 5.82 Å². The minimum absolute atomic E-state index is 0.0533. The molecule has 1 saturated carbocycles. The quantitative estimate of drug-likeness (QED) is 0.619. The van der Waals surface area contributed by atoms with Gasteiger partial charge in [-0.1, -0.05) is 13.8 Å². The summed E-state index contributed by atoms with van der Waals surface area (Å²) in [6.45, 7) is 4.30. The van der Waals surface area contributed by atoms with Crippen molar-refractivity contribution in [1.29, 1.82) is 0 Å². The van der Waals surface area contributed by atoms with Gasteiger partial charge in [0.25, 0.3) is 5.91 Å². The van der Waals surface area contributed by atoms with E-state index in [1.165, 1.54) is 4.90 Å². The first-order valence-electron chi connectivity index (χ1n) is 6.75. The van der Waals surface area contributed by atoms with Gasteiger partial charge in [-0.05, 0) is 24.8 Å². The second-order valence-corrected chi connectivity index (χ2v) is 5.62. The molecule has 0 saturated heterocycles. The van der Waals surface area contributed by atoms with E-state index in [2.05, 4.69) is 0 Å². The molecule has 1 amide bonds. The van der Waals surface area contributed by atoms with Crippen LogP contribution in [0.5, 0.6) is 0 Å². The number of carbonyl (C=O) groups excluding carboxylic acids is 1. The van der Waals surface area contributed by atoms with Gasteiger partial charge in [0, 0.05) is 12.6 Å². The van der Waals surface area contributed by atoms with Crippen LogP contribution in [0.1, 0.15) is 37.0 Å². The summed E-state index contributed by atoms with van der Waals surface area (Å²) in [5.41, 5.74) is -1.42. The topological polar surface area (TPSA) is 63.5 Å². The third kappa shape index (κ3) is 3.34. The highest BCUT2D eigenvalue weighted by atomic mass is 19.1. The maximum Gasteiger partial charge on any atom is 0.307 e. The van der Waals surface area contributed by atoms with Crippen molar-refractivity contribution in [1.82, 2.24) is 4.90 Å². The Morgan fingerprint density at radius 1 is 1.38 bits per heavy atom. The molecule has 0 aliphatic heterocycles. The zero-order chi connectivity index (χ0) is 15.7. The van der Waals surface area contributed by atoms with E-state index in [1.54, 1.807) is 0 Å². The number of carbonyl (C=O) groups is 1. The highest BCUT2D eigenvalue weighted by molar-refractivity contribution is 5.95. The van der Waals surface area contributed by atoms with Crippen LogP contribution in [0.2, 0.25) is 0 Å². The first-order chi connectivity index (χ1) is 9.81. The zero-order valence-corrected chi connectivity index (χ0v) is 11.8. The second kappa shape index (κ2) is 5.75. The largest absolute Gasteiger partial charge is 0.335 e. The Labute approximate surface area is 120 Å². The Hall–Kier alpha value is -2.05. The lowest BCUT2D eigenvalue weighted by Gasteiger charge is -2.24. The summed E-state index contributed by atoms with van der Waals surface area (Å²) in [4.78, 5) is 23.4. The third-order valence-electron chi connectivity index (χ3n) is 3.27. The molecule has 2 rings (SSSR count). The molecule has 0 heterocycles. The van der Waals surface area contributed by atoms with E-state index in [-0.39, 0.29) is 12.0 Å². The Kier molecular flexibility index (Phi) is 4.20.